The lowest BCUT2D eigenvalue weighted by molar-refractivity contribution is 0.0617. The lowest BCUT2D eigenvalue weighted by Gasteiger charge is -2.37. The van der Waals surface area contributed by atoms with Crippen LogP contribution in [0.2, 0.25) is 0 Å². The molecule has 0 spiro atoms. The number of ether oxygens (including phenoxy) is 1. The molecule has 2 aromatic carbocycles. The van der Waals surface area contributed by atoms with Gasteiger partial charge >= 0.3 is 0 Å². The van der Waals surface area contributed by atoms with Crippen molar-refractivity contribution in [3.63, 3.8) is 0 Å². The Labute approximate surface area is 156 Å². The smallest absolute Gasteiger partial charge is 0.282 e. The molecule has 1 aliphatic heterocycles. The predicted molar refractivity (Wildman–Crippen MR) is 103 cm³/mol. The number of fused-ring (bicyclic) bond motifs is 2. The predicted octanol–water partition coefficient (Wildman–Crippen LogP) is 2.97. The van der Waals surface area contributed by atoms with Crippen LogP contribution in [0.15, 0.2) is 53.3 Å². The number of para-hydroxylation sites is 3. The summed E-state index contributed by atoms with van der Waals surface area (Å²) in [6, 6.07) is 14.6. The highest BCUT2D eigenvalue weighted by Gasteiger charge is 2.35. The number of benzene rings is 2. The molecule has 0 fully saturated rings. The van der Waals surface area contributed by atoms with Crippen LogP contribution in [0.25, 0.3) is 11.0 Å². The fourth-order valence-corrected chi connectivity index (χ4v) is 3.58. The lowest BCUT2D eigenvalue weighted by Crippen LogP contribution is -2.43. The Morgan fingerprint density at radius 2 is 1.89 bits per heavy atom. The van der Waals surface area contributed by atoms with E-state index in [0.717, 1.165) is 11.3 Å². The van der Waals surface area contributed by atoms with Gasteiger partial charge in [0, 0.05) is 19.0 Å². The number of aromatic nitrogens is 2. The molecule has 4 rings (SSSR count). The van der Waals surface area contributed by atoms with Crippen LogP contribution < -0.4 is 15.6 Å². The van der Waals surface area contributed by atoms with E-state index in [1.54, 1.807) is 13.1 Å². The van der Waals surface area contributed by atoms with E-state index in [2.05, 4.69) is 10.3 Å². The van der Waals surface area contributed by atoms with E-state index in [1.807, 2.05) is 56.3 Å². The van der Waals surface area contributed by atoms with E-state index in [4.69, 9.17) is 4.74 Å². The van der Waals surface area contributed by atoms with Crippen molar-refractivity contribution in [1.29, 1.82) is 0 Å². The number of nitrogens with one attached hydrogen (secondary N) is 1. The highest BCUT2D eigenvalue weighted by Crippen LogP contribution is 2.39. The van der Waals surface area contributed by atoms with Gasteiger partial charge in [-0.3, -0.25) is 9.59 Å². The minimum absolute atomic E-state index is 0.0991. The number of hydrogen-bond donors (Lipinski definition) is 1. The average Bonchev–Trinajstić information content (AvgIpc) is 2.63. The van der Waals surface area contributed by atoms with Gasteiger partial charge in [0.05, 0.1) is 17.1 Å². The van der Waals surface area contributed by atoms with E-state index in [1.165, 1.54) is 4.57 Å². The highest BCUT2D eigenvalue weighted by atomic mass is 16.5. The molecule has 0 saturated heterocycles. The second-order valence-corrected chi connectivity index (χ2v) is 7.44. The van der Waals surface area contributed by atoms with Gasteiger partial charge in [-0.2, -0.15) is 0 Å². The lowest BCUT2D eigenvalue weighted by atomic mass is 9.89. The van der Waals surface area contributed by atoms with Crippen LogP contribution in [0.1, 0.15) is 42.4 Å². The van der Waals surface area contributed by atoms with Crippen molar-refractivity contribution < 1.29 is 9.53 Å². The summed E-state index contributed by atoms with van der Waals surface area (Å²) in [5.41, 5.74) is 1.27. The van der Waals surface area contributed by atoms with E-state index < -0.39 is 17.1 Å². The Hall–Kier alpha value is -3.15. The molecule has 6 nitrogen and oxygen atoms in total. The number of hydrogen-bond acceptors (Lipinski definition) is 4. The minimum Gasteiger partial charge on any atom is -0.487 e. The number of rotatable bonds is 2. The van der Waals surface area contributed by atoms with Gasteiger partial charge in [-0.25, -0.2) is 4.98 Å². The van der Waals surface area contributed by atoms with Gasteiger partial charge in [0.25, 0.3) is 11.5 Å². The Bertz CT molecular complexity index is 1100. The number of carbonyl (C=O) groups excluding carboxylic acids is 1. The first-order chi connectivity index (χ1) is 12.9. The standard InChI is InChI=1S/C21H21N3O3/c1-21(2)12-15(13-8-4-7-11-17(13)27-21)23-19(25)18-20(26)24(3)16-10-6-5-9-14(16)22-18/h4-11,15H,12H2,1-3H3,(H,23,25)/t15-/m0/s1. The van der Waals surface area contributed by atoms with Crippen molar-refractivity contribution in [1.82, 2.24) is 14.9 Å². The zero-order chi connectivity index (χ0) is 19.2. The summed E-state index contributed by atoms with van der Waals surface area (Å²) in [4.78, 5) is 29.9. The normalized spacial score (nSPS) is 17.8. The van der Waals surface area contributed by atoms with Crippen LogP contribution in [-0.4, -0.2) is 21.1 Å². The van der Waals surface area contributed by atoms with Crippen LogP contribution in [0.3, 0.4) is 0 Å². The van der Waals surface area contributed by atoms with Gasteiger partial charge in [-0.05, 0) is 32.0 Å². The van der Waals surface area contributed by atoms with E-state index in [9.17, 15) is 9.59 Å². The fourth-order valence-electron chi connectivity index (χ4n) is 3.58. The Balaban J connectivity index is 1.72. The molecule has 0 radical (unpaired) electrons. The number of nitrogens with zero attached hydrogens (tertiary/aromatic N) is 2. The van der Waals surface area contributed by atoms with Crippen LogP contribution in [0.5, 0.6) is 5.75 Å². The highest BCUT2D eigenvalue weighted by molar-refractivity contribution is 5.94. The maximum Gasteiger partial charge on any atom is 0.282 e. The van der Waals surface area contributed by atoms with Crippen LogP contribution in [-0.2, 0) is 7.05 Å². The Morgan fingerprint density at radius 3 is 2.70 bits per heavy atom. The van der Waals surface area contributed by atoms with Crippen molar-refractivity contribution in [2.45, 2.75) is 31.9 Å². The number of carbonyl (C=O) groups is 1. The SMILES string of the molecule is Cn1c(=O)c(C(=O)N[C@H]2CC(C)(C)Oc3ccccc32)nc2ccccc21. The molecule has 2 heterocycles. The fraction of sp³-hybridized carbons (Fsp3) is 0.286. The van der Waals surface area contributed by atoms with Crippen molar-refractivity contribution in [3.8, 4) is 5.75 Å². The summed E-state index contributed by atoms with van der Waals surface area (Å²) in [6.07, 6.45) is 0.601. The summed E-state index contributed by atoms with van der Waals surface area (Å²) in [6.45, 7) is 3.96. The molecule has 1 amide bonds. The largest absolute Gasteiger partial charge is 0.487 e. The van der Waals surface area contributed by atoms with Gasteiger partial charge in [0.1, 0.15) is 11.4 Å². The first-order valence-corrected chi connectivity index (χ1v) is 8.90. The molecule has 0 aliphatic carbocycles. The van der Waals surface area contributed by atoms with Gasteiger partial charge < -0.3 is 14.6 Å². The maximum absolute atomic E-state index is 12.9. The molecular formula is C21H21N3O3. The zero-order valence-electron chi connectivity index (χ0n) is 15.5. The summed E-state index contributed by atoms with van der Waals surface area (Å²) in [5, 5.41) is 2.98. The summed E-state index contributed by atoms with van der Waals surface area (Å²) >= 11 is 0. The third-order valence-corrected chi connectivity index (χ3v) is 4.88. The second kappa shape index (κ2) is 6.23. The molecular weight excluding hydrogens is 342 g/mol. The topological polar surface area (TPSA) is 73.2 Å². The minimum atomic E-state index is -0.473. The molecule has 1 aromatic heterocycles. The van der Waals surface area contributed by atoms with Crippen LogP contribution in [0.4, 0.5) is 0 Å². The van der Waals surface area contributed by atoms with E-state index in [-0.39, 0.29) is 11.7 Å². The Morgan fingerprint density at radius 1 is 1.19 bits per heavy atom. The van der Waals surface area contributed by atoms with E-state index >= 15 is 0 Å². The molecule has 27 heavy (non-hydrogen) atoms. The average molecular weight is 363 g/mol. The molecule has 138 valence electrons. The van der Waals surface area contributed by atoms with Crippen LogP contribution in [0, 0.1) is 0 Å². The first kappa shape index (κ1) is 17.3. The molecule has 0 bridgehead atoms. The number of aryl methyl sites for hydroxylation is 1. The number of amides is 1. The third-order valence-electron chi connectivity index (χ3n) is 4.88. The molecule has 1 aliphatic rings. The molecule has 6 heteroatoms. The summed E-state index contributed by atoms with van der Waals surface area (Å²) < 4.78 is 7.46. The first-order valence-electron chi connectivity index (χ1n) is 8.90. The van der Waals surface area contributed by atoms with Crippen LogP contribution >= 0.6 is 0 Å². The monoisotopic (exact) mass is 363 g/mol. The van der Waals surface area contributed by atoms with Gasteiger partial charge in [0.15, 0.2) is 5.69 Å². The zero-order valence-corrected chi connectivity index (χ0v) is 15.5. The van der Waals surface area contributed by atoms with Gasteiger partial charge in [-0.15, -0.1) is 0 Å². The van der Waals surface area contributed by atoms with Crippen molar-refractivity contribution in [2.75, 3.05) is 0 Å². The quantitative estimate of drug-likeness (QED) is 0.760. The molecule has 0 saturated carbocycles. The molecule has 1 atom stereocenters. The van der Waals surface area contributed by atoms with E-state index in [0.29, 0.717) is 17.5 Å². The molecule has 3 aromatic rings. The van der Waals surface area contributed by atoms with Crippen molar-refractivity contribution >= 4 is 16.9 Å². The van der Waals surface area contributed by atoms with Gasteiger partial charge in [-0.1, -0.05) is 30.3 Å². The van der Waals surface area contributed by atoms with Gasteiger partial charge in [0.2, 0.25) is 0 Å². The summed E-state index contributed by atoms with van der Waals surface area (Å²) in [7, 11) is 1.65. The van der Waals surface area contributed by atoms with Crippen molar-refractivity contribution in [3.05, 3.63) is 70.1 Å². The summed E-state index contributed by atoms with van der Waals surface area (Å²) in [5.74, 6) is 0.275. The Kier molecular flexibility index (Phi) is 3.98. The third kappa shape index (κ3) is 3.07. The maximum atomic E-state index is 12.9. The molecule has 1 N–H and O–H groups in total. The molecule has 0 unspecified atom stereocenters. The second-order valence-electron chi connectivity index (χ2n) is 7.44. The van der Waals surface area contributed by atoms with Crippen molar-refractivity contribution in [2.24, 2.45) is 7.05 Å².